The third-order valence-electron chi connectivity index (χ3n) is 2.99. The zero-order valence-electron chi connectivity index (χ0n) is 11.5. The molecule has 0 aliphatic rings. The first-order valence-electron chi connectivity index (χ1n) is 5.68. The second-order valence-electron chi connectivity index (χ2n) is 5.15. The summed E-state index contributed by atoms with van der Waals surface area (Å²) < 4.78 is 45.5. The molecular weight excluding hydrogens is 286 g/mol. The van der Waals surface area contributed by atoms with E-state index in [-0.39, 0.29) is 11.4 Å². The minimum absolute atomic E-state index is 0.137. The molecule has 0 bridgehead atoms. The van der Waals surface area contributed by atoms with Crippen molar-refractivity contribution in [2.45, 2.75) is 23.5 Å². The Labute approximate surface area is 114 Å². The van der Waals surface area contributed by atoms with E-state index >= 15 is 0 Å². The Hall–Kier alpha value is -1.08. The highest BCUT2D eigenvalue weighted by molar-refractivity contribution is 7.92. The Morgan fingerprint density at radius 3 is 2.05 bits per heavy atom. The van der Waals surface area contributed by atoms with Gasteiger partial charge in [-0.05, 0) is 26.0 Å². The lowest BCUT2D eigenvalue weighted by Crippen LogP contribution is -2.38. The normalized spacial score (nSPS) is 13.3. The summed E-state index contributed by atoms with van der Waals surface area (Å²) in [5.74, 6) is 0. The minimum atomic E-state index is -3.35. The molecule has 0 heterocycles. The van der Waals surface area contributed by atoms with Crippen molar-refractivity contribution in [3.05, 3.63) is 24.3 Å². The number of benzene rings is 1. The van der Waals surface area contributed by atoms with Crippen LogP contribution in [-0.2, 0) is 19.7 Å². The molecule has 108 valence electrons. The van der Waals surface area contributed by atoms with Crippen molar-refractivity contribution in [2.75, 3.05) is 24.4 Å². The maximum absolute atomic E-state index is 11.6. The molecule has 0 aromatic heterocycles. The van der Waals surface area contributed by atoms with Crippen molar-refractivity contribution < 1.29 is 16.8 Å². The molecule has 0 aliphatic carbocycles. The smallest absolute Gasteiger partial charge is 0.177 e. The lowest BCUT2D eigenvalue weighted by molar-refractivity contribution is 0.559. The molecular formula is C12H19NO4S2. The first kappa shape index (κ1) is 16.0. The number of rotatable bonds is 5. The van der Waals surface area contributed by atoms with Crippen LogP contribution in [0.15, 0.2) is 29.2 Å². The van der Waals surface area contributed by atoms with E-state index in [1.54, 1.807) is 32.0 Å². The Balaban J connectivity index is 3.04. The minimum Gasteiger partial charge on any atom is -0.382 e. The SMILES string of the molecule is CC(C)(CNc1ccccc1S(C)(=O)=O)S(C)(=O)=O. The van der Waals surface area contributed by atoms with Gasteiger partial charge in [-0.3, -0.25) is 0 Å². The second kappa shape index (κ2) is 5.13. The summed E-state index contributed by atoms with van der Waals surface area (Å²) in [6.45, 7) is 3.33. The van der Waals surface area contributed by atoms with E-state index in [0.717, 1.165) is 12.5 Å². The quantitative estimate of drug-likeness (QED) is 0.887. The first-order valence-corrected chi connectivity index (χ1v) is 9.46. The van der Waals surface area contributed by atoms with Crippen molar-refractivity contribution in [2.24, 2.45) is 0 Å². The van der Waals surface area contributed by atoms with E-state index in [9.17, 15) is 16.8 Å². The molecule has 0 fully saturated rings. The Morgan fingerprint density at radius 1 is 1.05 bits per heavy atom. The average Bonchev–Trinajstić information content (AvgIpc) is 2.24. The van der Waals surface area contributed by atoms with Crippen molar-refractivity contribution in [1.82, 2.24) is 0 Å². The molecule has 0 unspecified atom stereocenters. The lowest BCUT2D eigenvalue weighted by Gasteiger charge is -2.24. The largest absolute Gasteiger partial charge is 0.382 e. The highest BCUT2D eigenvalue weighted by Crippen LogP contribution is 2.23. The summed E-state index contributed by atoms with van der Waals surface area (Å²) in [6.07, 6.45) is 2.28. The maximum atomic E-state index is 11.6. The molecule has 0 aliphatic heterocycles. The predicted molar refractivity (Wildman–Crippen MR) is 77.0 cm³/mol. The van der Waals surface area contributed by atoms with Gasteiger partial charge in [-0.15, -0.1) is 0 Å². The highest BCUT2D eigenvalue weighted by atomic mass is 32.2. The van der Waals surface area contributed by atoms with Crippen molar-refractivity contribution in [1.29, 1.82) is 0 Å². The van der Waals surface area contributed by atoms with Crippen LogP contribution in [0, 0.1) is 0 Å². The zero-order chi connectivity index (χ0) is 14.9. The molecule has 1 aromatic carbocycles. The van der Waals surface area contributed by atoms with Gasteiger partial charge in [0.1, 0.15) is 0 Å². The van der Waals surface area contributed by atoms with E-state index in [1.165, 1.54) is 6.07 Å². The summed E-state index contributed by atoms with van der Waals surface area (Å²) in [5.41, 5.74) is 0.418. The molecule has 0 spiro atoms. The number of sulfone groups is 2. The zero-order valence-corrected chi connectivity index (χ0v) is 13.1. The van der Waals surface area contributed by atoms with Crippen LogP contribution >= 0.6 is 0 Å². The van der Waals surface area contributed by atoms with Gasteiger partial charge in [0, 0.05) is 19.1 Å². The van der Waals surface area contributed by atoms with Crippen LogP contribution in [0.25, 0.3) is 0 Å². The number of para-hydroxylation sites is 1. The van der Waals surface area contributed by atoms with Crippen molar-refractivity contribution >= 4 is 25.4 Å². The van der Waals surface area contributed by atoms with Gasteiger partial charge in [0.25, 0.3) is 0 Å². The molecule has 0 atom stereocenters. The fraction of sp³-hybridized carbons (Fsp3) is 0.500. The molecule has 1 aromatic rings. The van der Waals surface area contributed by atoms with Crippen LogP contribution in [0.1, 0.15) is 13.8 Å². The molecule has 0 saturated heterocycles. The van der Waals surface area contributed by atoms with Crippen LogP contribution in [0.3, 0.4) is 0 Å². The van der Waals surface area contributed by atoms with Crippen LogP contribution in [0.2, 0.25) is 0 Å². The lowest BCUT2D eigenvalue weighted by atomic mass is 10.2. The van der Waals surface area contributed by atoms with Gasteiger partial charge in [-0.2, -0.15) is 0 Å². The van der Waals surface area contributed by atoms with E-state index in [2.05, 4.69) is 5.32 Å². The van der Waals surface area contributed by atoms with Crippen molar-refractivity contribution in [3.8, 4) is 0 Å². The summed E-state index contributed by atoms with van der Waals surface area (Å²) >= 11 is 0. The monoisotopic (exact) mass is 305 g/mol. The second-order valence-corrected chi connectivity index (χ2v) is 9.79. The van der Waals surface area contributed by atoms with Gasteiger partial charge in [-0.1, -0.05) is 12.1 Å². The molecule has 0 radical (unpaired) electrons. The Morgan fingerprint density at radius 2 is 1.58 bits per heavy atom. The standard InChI is InChI=1S/C12H19NO4S2/c1-12(2,19(4,16)17)9-13-10-7-5-6-8-11(10)18(3,14)15/h5-8,13H,9H2,1-4H3. The summed E-state index contributed by atoms with van der Waals surface area (Å²) in [7, 11) is -6.58. The predicted octanol–water partition coefficient (Wildman–Crippen LogP) is 1.33. The van der Waals surface area contributed by atoms with Crippen LogP contribution < -0.4 is 5.32 Å². The molecule has 0 amide bonds. The fourth-order valence-corrected chi connectivity index (χ4v) is 2.57. The highest BCUT2D eigenvalue weighted by Gasteiger charge is 2.30. The summed E-state index contributed by atoms with van der Waals surface area (Å²) in [5, 5.41) is 2.91. The number of anilines is 1. The molecule has 0 saturated carbocycles. The fourth-order valence-electron chi connectivity index (χ4n) is 1.38. The molecule has 19 heavy (non-hydrogen) atoms. The number of hydrogen-bond acceptors (Lipinski definition) is 5. The summed E-state index contributed by atoms with van der Waals surface area (Å²) in [6, 6.07) is 6.44. The first-order chi connectivity index (χ1) is 8.45. The summed E-state index contributed by atoms with van der Waals surface area (Å²) in [4.78, 5) is 0.166. The van der Waals surface area contributed by atoms with Crippen molar-refractivity contribution in [3.63, 3.8) is 0 Å². The molecule has 1 N–H and O–H groups in total. The van der Waals surface area contributed by atoms with E-state index < -0.39 is 24.4 Å². The van der Waals surface area contributed by atoms with Gasteiger partial charge < -0.3 is 5.32 Å². The van der Waals surface area contributed by atoms with Crippen LogP contribution in [-0.4, -0.2) is 40.6 Å². The topological polar surface area (TPSA) is 80.3 Å². The van der Waals surface area contributed by atoms with Gasteiger partial charge in [-0.25, -0.2) is 16.8 Å². The molecule has 1 rings (SSSR count). The van der Waals surface area contributed by atoms with E-state index in [1.807, 2.05) is 0 Å². The Kier molecular flexibility index (Phi) is 4.31. The third kappa shape index (κ3) is 3.94. The molecule has 7 heteroatoms. The molecule has 5 nitrogen and oxygen atoms in total. The van der Waals surface area contributed by atoms with E-state index in [4.69, 9.17) is 0 Å². The van der Waals surface area contributed by atoms with Gasteiger partial charge in [0.15, 0.2) is 19.7 Å². The maximum Gasteiger partial charge on any atom is 0.177 e. The van der Waals surface area contributed by atoms with E-state index in [0.29, 0.717) is 5.69 Å². The van der Waals surface area contributed by atoms with Gasteiger partial charge in [0.2, 0.25) is 0 Å². The van der Waals surface area contributed by atoms with Crippen LogP contribution in [0.4, 0.5) is 5.69 Å². The van der Waals surface area contributed by atoms with Crippen LogP contribution in [0.5, 0.6) is 0 Å². The van der Waals surface area contributed by atoms with Gasteiger partial charge in [0.05, 0.1) is 15.3 Å². The Bertz CT molecular complexity index is 661. The average molecular weight is 305 g/mol. The van der Waals surface area contributed by atoms with Gasteiger partial charge >= 0.3 is 0 Å². The number of hydrogen-bond donors (Lipinski definition) is 1. The number of nitrogens with one attached hydrogen (secondary N) is 1. The third-order valence-corrected chi connectivity index (χ3v) is 6.30.